The van der Waals surface area contributed by atoms with Gasteiger partial charge in [0.15, 0.2) is 6.61 Å². The van der Waals surface area contributed by atoms with Crippen LogP contribution >= 0.6 is 15.9 Å². The second kappa shape index (κ2) is 11.7. The number of hydrazone groups is 1. The Kier molecular flexibility index (Phi) is 9.02. The van der Waals surface area contributed by atoms with E-state index in [0.717, 1.165) is 4.47 Å². The molecule has 9 heteroatoms. The van der Waals surface area contributed by atoms with E-state index in [-0.39, 0.29) is 18.4 Å². The summed E-state index contributed by atoms with van der Waals surface area (Å²) in [4.78, 5) is 35.2. The third-order valence-electron chi connectivity index (χ3n) is 3.61. The highest BCUT2D eigenvalue weighted by Crippen LogP contribution is 2.15. The number of halogens is 1. The highest BCUT2D eigenvalue weighted by molar-refractivity contribution is 9.10. The van der Waals surface area contributed by atoms with E-state index in [1.165, 1.54) is 6.21 Å². The van der Waals surface area contributed by atoms with Crippen molar-refractivity contribution in [1.82, 2.24) is 10.7 Å². The first-order chi connectivity index (χ1) is 14.3. The van der Waals surface area contributed by atoms with Crippen LogP contribution in [0.4, 0.5) is 5.69 Å². The molecule has 0 unspecified atom stereocenters. The zero-order valence-corrected chi connectivity index (χ0v) is 18.2. The van der Waals surface area contributed by atoms with Gasteiger partial charge in [-0.15, -0.1) is 0 Å². The highest BCUT2D eigenvalue weighted by atomic mass is 79.9. The number of ether oxygens (including phenoxy) is 1. The number of nitrogens with one attached hydrogen (secondary N) is 3. The third kappa shape index (κ3) is 8.44. The molecule has 0 radical (unpaired) electrons. The van der Waals surface area contributed by atoms with E-state index < -0.39 is 11.8 Å². The lowest BCUT2D eigenvalue weighted by Gasteiger charge is -2.08. The van der Waals surface area contributed by atoms with Gasteiger partial charge in [0, 0.05) is 16.7 Å². The van der Waals surface area contributed by atoms with Gasteiger partial charge in [0.25, 0.3) is 5.91 Å². The molecule has 2 rings (SSSR count). The largest absolute Gasteiger partial charge is 0.484 e. The fourth-order valence-electron chi connectivity index (χ4n) is 2.16. The summed E-state index contributed by atoms with van der Waals surface area (Å²) in [6.45, 7) is 4.10. The minimum absolute atomic E-state index is 0.163. The summed E-state index contributed by atoms with van der Waals surface area (Å²) >= 11 is 3.33. The Bertz CT molecular complexity index is 913. The Morgan fingerprint density at radius 3 is 2.53 bits per heavy atom. The van der Waals surface area contributed by atoms with Crippen LogP contribution in [0.5, 0.6) is 5.75 Å². The van der Waals surface area contributed by atoms with Crippen LogP contribution in [0.25, 0.3) is 0 Å². The van der Waals surface area contributed by atoms with Gasteiger partial charge in [0.1, 0.15) is 5.75 Å². The van der Waals surface area contributed by atoms with E-state index >= 15 is 0 Å². The molecule has 0 aliphatic heterocycles. The lowest BCUT2D eigenvalue weighted by Crippen LogP contribution is -2.39. The topological polar surface area (TPSA) is 109 Å². The third-order valence-corrected chi connectivity index (χ3v) is 4.14. The number of carbonyl (C=O) groups is 3. The predicted octanol–water partition coefficient (Wildman–Crippen LogP) is 2.69. The van der Waals surface area contributed by atoms with Gasteiger partial charge in [-0.25, -0.2) is 5.43 Å². The fraction of sp³-hybridized carbons (Fsp3) is 0.238. The van der Waals surface area contributed by atoms with Gasteiger partial charge in [0.2, 0.25) is 0 Å². The normalized spacial score (nSPS) is 10.7. The lowest BCUT2D eigenvalue weighted by atomic mass is 10.2. The molecule has 3 N–H and O–H groups in total. The molecule has 0 heterocycles. The lowest BCUT2D eigenvalue weighted by molar-refractivity contribution is -0.139. The molecule has 0 spiro atoms. The van der Waals surface area contributed by atoms with Crippen molar-refractivity contribution >= 4 is 45.6 Å². The van der Waals surface area contributed by atoms with E-state index in [4.69, 9.17) is 4.74 Å². The monoisotopic (exact) mass is 474 g/mol. The van der Waals surface area contributed by atoms with Crippen molar-refractivity contribution in [1.29, 1.82) is 0 Å². The smallest absolute Gasteiger partial charge is 0.329 e. The van der Waals surface area contributed by atoms with Crippen LogP contribution in [0, 0.1) is 5.92 Å². The maximum atomic E-state index is 12.0. The van der Waals surface area contributed by atoms with Crippen molar-refractivity contribution in [3.05, 3.63) is 58.6 Å². The number of benzene rings is 2. The summed E-state index contributed by atoms with van der Waals surface area (Å²) in [5.41, 5.74) is 3.46. The average molecular weight is 475 g/mol. The number of nitrogens with zero attached hydrogens (tertiary/aromatic N) is 1. The molecule has 0 bridgehead atoms. The summed E-state index contributed by atoms with van der Waals surface area (Å²) < 4.78 is 6.41. The van der Waals surface area contributed by atoms with Crippen molar-refractivity contribution in [3.8, 4) is 5.75 Å². The van der Waals surface area contributed by atoms with Gasteiger partial charge in [0.05, 0.1) is 6.21 Å². The number of amides is 3. The van der Waals surface area contributed by atoms with Gasteiger partial charge in [-0.1, -0.05) is 41.9 Å². The van der Waals surface area contributed by atoms with E-state index in [2.05, 4.69) is 37.1 Å². The second-order valence-corrected chi connectivity index (χ2v) is 7.63. The Morgan fingerprint density at radius 1 is 1.10 bits per heavy atom. The molecule has 0 aliphatic rings. The Balaban J connectivity index is 1.81. The maximum absolute atomic E-state index is 12.0. The standard InChI is InChI=1S/C21H23BrN4O4/c1-14(2)11-23-20(28)21(29)26-24-12-15-4-3-5-18(10-15)30-13-19(27)25-17-8-6-16(22)7-9-17/h3-10,12,14H,11,13H2,1-2H3,(H,23,28)(H,25,27)(H,26,29)/b24-12-. The van der Waals surface area contributed by atoms with Gasteiger partial charge in [-0.3, -0.25) is 14.4 Å². The van der Waals surface area contributed by atoms with Crippen LogP contribution < -0.4 is 20.8 Å². The van der Waals surface area contributed by atoms with Crippen LogP contribution in [0.15, 0.2) is 58.1 Å². The fourth-order valence-corrected chi connectivity index (χ4v) is 2.42. The molecule has 0 saturated carbocycles. The van der Waals surface area contributed by atoms with Crippen LogP contribution in [-0.4, -0.2) is 37.1 Å². The molecule has 2 aromatic rings. The van der Waals surface area contributed by atoms with Crippen LogP contribution in [-0.2, 0) is 14.4 Å². The Hall–Kier alpha value is -3.20. The average Bonchev–Trinajstić information content (AvgIpc) is 2.72. The molecular weight excluding hydrogens is 452 g/mol. The van der Waals surface area contributed by atoms with E-state index in [1.54, 1.807) is 36.4 Å². The quantitative estimate of drug-likeness (QED) is 0.310. The molecule has 8 nitrogen and oxygen atoms in total. The van der Waals surface area contributed by atoms with Crippen molar-refractivity contribution < 1.29 is 19.1 Å². The first kappa shape index (κ1) is 23.1. The molecule has 3 amide bonds. The summed E-state index contributed by atoms with van der Waals surface area (Å²) in [7, 11) is 0. The molecule has 0 saturated heterocycles. The van der Waals surface area contributed by atoms with Gasteiger partial charge < -0.3 is 15.4 Å². The van der Waals surface area contributed by atoms with Crippen LogP contribution in [0.3, 0.4) is 0 Å². The summed E-state index contributed by atoms with van der Waals surface area (Å²) in [6, 6.07) is 14.0. The first-order valence-electron chi connectivity index (χ1n) is 9.23. The zero-order chi connectivity index (χ0) is 21.9. The summed E-state index contributed by atoms with van der Waals surface area (Å²) in [6.07, 6.45) is 1.38. The molecule has 0 atom stereocenters. The number of hydrogen-bond donors (Lipinski definition) is 3. The van der Waals surface area contributed by atoms with Crippen molar-refractivity contribution in [2.24, 2.45) is 11.0 Å². The second-order valence-electron chi connectivity index (χ2n) is 6.72. The Morgan fingerprint density at radius 2 is 1.83 bits per heavy atom. The van der Waals surface area contributed by atoms with Gasteiger partial charge in [-0.05, 0) is 47.9 Å². The molecule has 0 aromatic heterocycles. The molecule has 30 heavy (non-hydrogen) atoms. The van der Waals surface area contributed by atoms with Gasteiger partial charge >= 0.3 is 11.8 Å². The summed E-state index contributed by atoms with van der Waals surface area (Å²) in [5, 5.41) is 9.00. The minimum atomic E-state index is -0.844. The van der Waals surface area contributed by atoms with E-state index in [1.807, 2.05) is 26.0 Å². The highest BCUT2D eigenvalue weighted by Gasteiger charge is 2.12. The number of hydrogen-bond acceptors (Lipinski definition) is 5. The summed E-state index contributed by atoms with van der Waals surface area (Å²) in [5.74, 6) is -1.18. The van der Waals surface area contributed by atoms with E-state index in [0.29, 0.717) is 23.5 Å². The van der Waals surface area contributed by atoms with E-state index in [9.17, 15) is 14.4 Å². The van der Waals surface area contributed by atoms with Crippen LogP contribution in [0.2, 0.25) is 0 Å². The van der Waals surface area contributed by atoms with Crippen molar-refractivity contribution in [2.45, 2.75) is 13.8 Å². The molecule has 0 aliphatic carbocycles. The number of anilines is 1. The number of rotatable bonds is 8. The SMILES string of the molecule is CC(C)CNC(=O)C(=O)N/N=C\c1cccc(OCC(=O)Nc2ccc(Br)cc2)c1. The maximum Gasteiger partial charge on any atom is 0.329 e. The predicted molar refractivity (Wildman–Crippen MR) is 118 cm³/mol. The molecule has 2 aromatic carbocycles. The minimum Gasteiger partial charge on any atom is -0.484 e. The Labute approximate surface area is 183 Å². The first-order valence-corrected chi connectivity index (χ1v) is 10.0. The number of carbonyl (C=O) groups excluding carboxylic acids is 3. The molecule has 158 valence electrons. The van der Waals surface area contributed by atoms with Crippen molar-refractivity contribution in [2.75, 3.05) is 18.5 Å². The molecule has 0 fully saturated rings. The zero-order valence-electron chi connectivity index (χ0n) is 16.6. The van der Waals surface area contributed by atoms with Crippen molar-refractivity contribution in [3.63, 3.8) is 0 Å². The van der Waals surface area contributed by atoms with Gasteiger partial charge in [-0.2, -0.15) is 5.10 Å². The van der Waals surface area contributed by atoms with Crippen LogP contribution in [0.1, 0.15) is 19.4 Å². The molecular formula is C21H23BrN4O4.